The van der Waals surface area contributed by atoms with Crippen LogP contribution in [0, 0.1) is 5.92 Å². The first kappa shape index (κ1) is 16.5. The van der Waals surface area contributed by atoms with Gasteiger partial charge in [0.1, 0.15) is 6.04 Å². The summed E-state index contributed by atoms with van der Waals surface area (Å²) in [5, 5.41) is 3.54. The summed E-state index contributed by atoms with van der Waals surface area (Å²) in [7, 11) is 0. The number of amides is 3. The Morgan fingerprint density at radius 1 is 1.22 bits per heavy atom. The van der Waals surface area contributed by atoms with Crippen LogP contribution in [0.15, 0.2) is 30.5 Å². The average Bonchev–Trinajstić information content (AvgIpc) is 2.89. The van der Waals surface area contributed by atoms with Crippen LogP contribution < -0.4 is 16.8 Å². The van der Waals surface area contributed by atoms with Crippen LogP contribution in [-0.2, 0) is 20.8 Å². The van der Waals surface area contributed by atoms with E-state index in [4.69, 9.17) is 11.5 Å². The minimum Gasteiger partial charge on any atom is -0.370 e. The number of carbonyl (C=O) groups excluding carboxylic acids is 3. The fourth-order valence-corrected chi connectivity index (χ4v) is 2.46. The Bertz CT molecular complexity index is 738. The van der Waals surface area contributed by atoms with Crippen molar-refractivity contribution in [1.29, 1.82) is 0 Å². The highest BCUT2D eigenvalue weighted by molar-refractivity contribution is 5.91. The molecule has 0 radical (unpaired) electrons. The largest absolute Gasteiger partial charge is 0.370 e. The maximum atomic E-state index is 12.2. The number of aromatic amines is 1. The van der Waals surface area contributed by atoms with E-state index >= 15 is 0 Å². The van der Waals surface area contributed by atoms with Crippen molar-refractivity contribution in [2.75, 3.05) is 0 Å². The smallest absolute Gasteiger partial charge is 0.240 e. The fraction of sp³-hybridized carbons (Fsp3) is 0.312. The summed E-state index contributed by atoms with van der Waals surface area (Å²) < 4.78 is 0. The van der Waals surface area contributed by atoms with Crippen molar-refractivity contribution >= 4 is 28.6 Å². The molecule has 2 aromatic rings. The summed E-state index contributed by atoms with van der Waals surface area (Å²) in [5.74, 6) is -2.21. The van der Waals surface area contributed by atoms with Crippen LogP contribution >= 0.6 is 0 Å². The van der Waals surface area contributed by atoms with E-state index in [1.54, 1.807) is 6.92 Å². The van der Waals surface area contributed by atoms with Gasteiger partial charge in [0.25, 0.3) is 0 Å². The van der Waals surface area contributed by atoms with Gasteiger partial charge in [-0.1, -0.05) is 25.1 Å². The van der Waals surface area contributed by atoms with Crippen molar-refractivity contribution in [3.8, 4) is 0 Å². The third-order valence-corrected chi connectivity index (χ3v) is 3.71. The Balaban J connectivity index is 2.04. The number of H-pyrrole nitrogens is 1. The van der Waals surface area contributed by atoms with Crippen LogP contribution in [-0.4, -0.2) is 28.7 Å². The van der Waals surface area contributed by atoms with Crippen molar-refractivity contribution in [3.05, 3.63) is 36.0 Å². The van der Waals surface area contributed by atoms with Gasteiger partial charge in [0.05, 0.1) is 6.42 Å². The molecule has 23 heavy (non-hydrogen) atoms. The Kier molecular flexibility index (Phi) is 5.00. The van der Waals surface area contributed by atoms with Gasteiger partial charge in [-0.2, -0.15) is 0 Å². The first-order valence-electron chi connectivity index (χ1n) is 7.31. The Labute approximate surface area is 133 Å². The number of aromatic nitrogens is 1. The second kappa shape index (κ2) is 6.95. The number of primary amides is 2. The number of para-hydroxylation sites is 1. The molecule has 0 spiro atoms. The van der Waals surface area contributed by atoms with Gasteiger partial charge in [0.15, 0.2) is 0 Å². The zero-order chi connectivity index (χ0) is 17.0. The molecule has 0 saturated heterocycles. The van der Waals surface area contributed by atoms with Gasteiger partial charge in [0.2, 0.25) is 17.7 Å². The maximum absolute atomic E-state index is 12.2. The van der Waals surface area contributed by atoms with Gasteiger partial charge in [-0.3, -0.25) is 14.4 Å². The molecule has 0 aliphatic carbocycles. The molecule has 0 saturated carbocycles. The first-order chi connectivity index (χ1) is 10.9. The molecule has 0 aliphatic heterocycles. The third kappa shape index (κ3) is 4.09. The van der Waals surface area contributed by atoms with Crippen molar-refractivity contribution in [1.82, 2.24) is 10.3 Å². The average molecular weight is 316 g/mol. The number of fused-ring (bicyclic) bond motifs is 1. The van der Waals surface area contributed by atoms with Gasteiger partial charge in [0, 0.05) is 23.0 Å². The summed E-state index contributed by atoms with van der Waals surface area (Å²) in [5.41, 5.74) is 12.2. The third-order valence-electron chi connectivity index (χ3n) is 3.71. The second-order valence-electron chi connectivity index (χ2n) is 5.60. The second-order valence-corrected chi connectivity index (χ2v) is 5.60. The van der Waals surface area contributed by atoms with E-state index in [1.165, 1.54) is 0 Å². The normalized spacial score (nSPS) is 13.4. The standard InChI is InChI=1S/C16H20N4O3/c1-9(16(23)20-13(15(18)22)7-14(17)21)6-10-8-19-12-5-3-2-4-11(10)12/h2-5,8-9,13,19H,6-7H2,1H3,(H2,17,21)(H2,18,22)(H,20,23)/t9-,13?/m0/s1. The zero-order valence-electron chi connectivity index (χ0n) is 12.8. The van der Waals surface area contributed by atoms with Crippen LogP contribution in [0.5, 0.6) is 0 Å². The highest BCUT2D eigenvalue weighted by Gasteiger charge is 2.23. The van der Waals surface area contributed by atoms with Crippen LogP contribution in [0.3, 0.4) is 0 Å². The lowest BCUT2D eigenvalue weighted by atomic mass is 9.99. The number of hydrogen-bond acceptors (Lipinski definition) is 3. The Morgan fingerprint density at radius 3 is 2.57 bits per heavy atom. The molecule has 2 rings (SSSR count). The summed E-state index contributed by atoms with van der Waals surface area (Å²) in [6.07, 6.45) is 2.06. The number of hydrogen-bond donors (Lipinski definition) is 4. The van der Waals surface area contributed by atoms with E-state index < -0.39 is 17.9 Å². The predicted molar refractivity (Wildman–Crippen MR) is 86.1 cm³/mol. The minimum atomic E-state index is -1.08. The number of benzene rings is 1. The van der Waals surface area contributed by atoms with Crippen LogP contribution in [0.25, 0.3) is 10.9 Å². The molecule has 7 nitrogen and oxygen atoms in total. The lowest BCUT2D eigenvalue weighted by Crippen LogP contribution is -2.48. The molecule has 2 atom stereocenters. The van der Waals surface area contributed by atoms with E-state index in [0.717, 1.165) is 16.5 Å². The molecule has 1 heterocycles. The lowest BCUT2D eigenvalue weighted by Gasteiger charge is -2.17. The van der Waals surface area contributed by atoms with Crippen LogP contribution in [0.1, 0.15) is 18.9 Å². The summed E-state index contributed by atoms with van der Waals surface area (Å²) in [4.78, 5) is 37.6. The number of nitrogens with one attached hydrogen (secondary N) is 2. The quantitative estimate of drug-likeness (QED) is 0.581. The van der Waals surface area contributed by atoms with Crippen molar-refractivity contribution in [2.45, 2.75) is 25.8 Å². The number of carbonyl (C=O) groups is 3. The van der Waals surface area contributed by atoms with E-state index in [-0.39, 0.29) is 18.2 Å². The minimum absolute atomic E-state index is 0.305. The molecule has 1 aromatic carbocycles. The number of rotatable bonds is 7. The van der Waals surface area contributed by atoms with E-state index in [0.29, 0.717) is 6.42 Å². The molecule has 6 N–H and O–H groups in total. The molecule has 7 heteroatoms. The summed E-state index contributed by atoms with van der Waals surface area (Å²) in [6.45, 7) is 1.75. The van der Waals surface area contributed by atoms with Gasteiger partial charge < -0.3 is 21.8 Å². The molecule has 1 aromatic heterocycles. The maximum Gasteiger partial charge on any atom is 0.240 e. The van der Waals surface area contributed by atoms with Gasteiger partial charge >= 0.3 is 0 Å². The highest BCUT2D eigenvalue weighted by atomic mass is 16.2. The fourth-order valence-electron chi connectivity index (χ4n) is 2.46. The molecule has 3 amide bonds. The van der Waals surface area contributed by atoms with Crippen LogP contribution in [0.4, 0.5) is 0 Å². The predicted octanol–water partition coefficient (Wildman–Crippen LogP) is 0.192. The van der Waals surface area contributed by atoms with E-state index in [1.807, 2.05) is 30.5 Å². The van der Waals surface area contributed by atoms with Gasteiger partial charge in [-0.05, 0) is 18.1 Å². The molecular weight excluding hydrogens is 296 g/mol. The first-order valence-corrected chi connectivity index (χ1v) is 7.31. The monoisotopic (exact) mass is 316 g/mol. The molecule has 0 bridgehead atoms. The summed E-state index contributed by atoms with van der Waals surface area (Å²) >= 11 is 0. The van der Waals surface area contributed by atoms with Gasteiger partial charge in [-0.25, -0.2) is 0 Å². The van der Waals surface area contributed by atoms with Gasteiger partial charge in [-0.15, -0.1) is 0 Å². The molecule has 1 unspecified atom stereocenters. The van der Waals surface area contributed by atoms with E-state index in [2.05, 4.69) is 10.3 Å². The SMILES string of the molecule is C[C@@H](Cc1c[nH]c2ccccc12)C(=O)NC(CC(N)=O)C(N)=O. The highest BCUT2D eigenvalue weighted by Crippen LogP contribution is 2.20. The number of nitrogens with two attached hydrogens (primary N) is 2. The molecule has 0 fully saturated rings. The molecule has 0 aliphatic rings. The van der Waals surface area contributed by atoms with Crippen molar-refractivity contribution in [3.63, 3.8) is 0 Å². The summed E-state index contributed by atoms with van der Waals surface area (Å²) in [6, 6.07) is 6.72. The lowest BCUT2D eigenvalue weighted by molar-refractivity contribution is -0.131. The topological polar surface area (TPSA) is 131 Å². The van der Waals surface area contributed by atoms with Crippen LogP contribution in [0.2, 0.25) is 0 Å². The zero-order valence-corrected chi connectivity index (χ0v) is 12.8. The molecular formula is C16H20N4O3. The Morgan fingerprint density at radius 2 is 1.91 bits per heavy atom. The van der Waals surface area contributed by atoms with Crippen molar-refractivity contribution < 1.29 is 14.4 Å². The Hall–Kier alpha value is -2.83. The molecule has 122 valence electrons. The van der Waals surface area contributed by atoms with E-state index in [9.17, 15) is 14.4 Å². The van der Waals surface area contributed by atoms with Crippen molar-refractivity contribution in [2.24, 2.45) is 17.4 Å².